The van der Waals surface area contributed by atoms with E-state index >= 15 is 0 Å². The number of halogens is 2. The molecule has 1 unspecified atom stereocenters. The van der Waals surface area contributed by atoms with E-state index in [4.69, 9.17) is 4.74 Å². The molecule has 18 heavy (non-hydrogen) atoms. The number of nitrogens with one attached hydrogen (secondary N) is 1. The van der Waals surface area contributed by atoms with E-state index in [1.807, 2.05) is 12.1 Å². The Morgan fingerprint density at radius 3 is 2.78 bits per heavy atom. The Morgan fingerprint density at radius 2 is 2.17 bits per heavy atom. The van der Waals surface area contributed by atoms with E-state index in [1.165, 1.54) is 0 Å². The van der Waals surface area contributed by atoms with E-state index < -0.39 is 12.0 Å². The van der Waals surface area contributed by atoms with Crippen LogP contribution in [0.1, 0.15) is 24.2 Å². The zero-order valence-corrected chi connectivity index (χ0v) is 13.7. The third-order valence-corrected chi connectivity index (χ3v) is 3.59. The largest absolute Gasteiger partial charge is 0.464 e. The van der Waals surface area contributed by atoms with Crippen molar-refractivity contribution in [3.8, 4) is 0 Å². The van der Waals surface area contributed by atoms with Gasteiger partial charge >= 0.3 is 5.97 Å². The Labute approximate surface area is 128 Å². The summed E-state index contributed by atoms with van der Waals surface area (Å²) in [6.45, 7) is 3.62. The summed E-state index contributed by atoms with van der Waals surface area (Å²) in [5.74, 6) is -0.725. The summed E-state index contributed by atoms with van der Waals surface area (Å²) in [5.41, 5.74) is 0.529. The molecular formula is C12H13BrINO3. The molecule has 1 aromatic rings. The van der Waals surface area contributed by atoms with Crippen molar-refractivity contribution >= 4 is 50.4 Å². The van der Waals surface area contributed by atoms with Crippen molar-refractivity contribution in [2.75, 3.05) is 6.61 Å². The Morgan fingerprint density at radius 1 is 1.50 bits per heavy atom. The van der Waals surface area contributed by atoms with Crippen LogP contribution in [0.5, 0.6) is 0 Å². The normalized spacial score (nSPS) is 11.8. The molecule has 0 bridgehead atoms. The van der Waals surface area contributed by atoms with Crippen molar-refractivity contribution in [1.29, 1.82) is 0 Å². The van der Waals surface area contributed by atoms with Gasteiger partial charge in [-0.25, -0.2) is 4.79 Å². The molecule has 0 aliphatic carbocycles. The lowest BCUT2D eigenvalue weighted by Crippen LogP contribution is -2.39. The average molecular weight is 426 g/mol. The predicted octanol–water partition coefficient (Wildman–Crippen LogP) is 2.74. The van der Waals surface area contributed by atoms with Crippen LogP contribution in [-0.4, -0.2) is 24.5 Å². The molecular weight excluding hydrogens is 413 g/mol. The van der Waals surface area contributed by atoms with E-state index in [1.54, 1.807) is 19.9 Å². The molecule has 0 heterocycles. The first-order chi connectivity index (χ1) is 8.45. The van der Waals surface area contributed by atoms with Crippen LogP contribution in [0.15, 0.2) is 22.7 Å². The third kappa shape index (κ3) is 4.24. The van der Waals surface area contributed by atoms with Gasteiger partial charge in [-0.15, -0.1) is 0 Å². The maximum Gasteiger partial charge on any atom is 0.328 e. The summed E-state index contributed by atoms with van der Waals surface area (Å²) < 4.78 is 6.47. The minimum atomic E-state index is -0.660. The molecule has 1 rings (SSSR count). The van der Waals surface area contributed by atoms with Gasteiger partial charge in [-0.2, -0.15) is 0 Å². The van der Waals surface area contributed by atoms with E-state index in [0.717, 1.165) is 8.04 Å². The summed E-state index contributed by atoms with van der Waals surface area (Å²) in [6.07, 6.45) is 0. The van der Waals surface area contributed by atoms with E-state index in [0.29, 0.717) is 12.2 Å². The fourth-order valence-electron chi connectivity index (χ4n) is 1.27. The third-order valence-electron chi connectivity index (χ3n) is 2.16. The van der Waals surface area contributed by atoms with E-state index in [2.05, 4.69) is 43.8 Å². The maximum absolute atomic E-state index is 12.0. The lowest BCUT2D eigenvalue weighted by atomic mass is 10.2. The Bertz CT molecular complexity index is 465. The fourth-order valence-corrected chi connectivity index (χ4v) is 2.21. The Balaban J connectivity index is 2.76. The molecule has 0 fully saturated rings. The summed E-state index contributed by atoms with van der Waals surface area (Å²) in [7, 11) is 0. The quantitative estimate of drug-likeness (QED) is 0.596. The van der Waals surface area contributed by atoms with Gasteiger partial charge in [0.05, 0.1) is 12.2 Å². The van der Waals surface area contributed by atoms with Crippen LogP contribution in [0, 0.1) is 3.57 Å². The molecule has 0 radical (unpaired) electrons. The molecule has 98 valence electrons. The highest BCUT2D eigenvalue weighted by Crippen LogP contribution is 2.18. The molecule has 1 amide bonds. The van der Waals surface area contributed by atoms with Crippen LogP contribution in [0.3, 0.4) is 0 Å². The van der Waals surface area contributed by atoms with Crippen LogP contribution < -0.4 is 5.32 Å². The Hall–Kier alpha value is -0.630. The van der Waals surface area contributed by atoms with Crippen LogP contribution in [-0.2, 0) is 9.53 Å². The minimum absolute atomic E-state index is 0.291. The highest BCUT2D eigenvalue weighted by Gasteiger charge is 2.18. The molecule has 1 N–H and O–H groups in total. The van der Waals surface area contributed by atoms with Crippen LogP contribution in [0.4, 0.5) is 0 Å². The topological polar surface area (TPSA) is 55.4 Å². The first kappa shape index (κ1) is 15.4. The van der Waals surface area contributed by atoms with E-state index in [-0.39, 0.29) is 5.91 Å². The van der Waals surface area contributed by atoms with Crippen molar-refractivity contribution in [2.24, 2.45) is 0 Å². The molecule has 6 heteroatoms. The van der Waals surface area contributed by atoms with Gasteiger partial charge in [0, 0.05) is 8.04 Å². The predicted molar refractivity (Wildman–Crippen MR) is 80.4 cm³/mol. The summed E-state index contributed by atoms with van der Waals surface area (Å²) >= 11 is 5.38. The number of carbonyl (C=O) groups is 2. The first-order valence-corrected chi connectivity index (χ1v) is 7.25. The van der Waals surface area contributed by atoms with Gasteiger partial charge in [-0.1, -0.05) is 15.9 Å². The van der Waals surface area contributed by atoms with Crippen molar-refractivity contribution in [3.63, 3.8) is 0 Å². The number of benzene rings is 1. The van der Waals surface area contributed by atoms with Crippen molar-refractivity contribution in [3.05, 3.63) is 31.8 Å². The molecule has 4 nitrogen and oxygen atoms in total. The summed E-state index contributed by atoms with van der Waals surface area (Å²) in [5, 5.41) is 2.61. The standard InChI is InChI=1S/C12H13BrINO3/c1-3-18-12(17)7(2)15-11(16)9-6-8(13)4-5-10(9)14/h4-7H,3H2,1-2H3,(H,15,16). The first-order valence-electron chi connectivity index (χ1n) is 5.38. The molecule has 0 saturated heterocycles. The number of rotatable bonds is 4. The van der Waals surface area contributed by atoms with Gasteiger partial charge in [-0.05, 0) is 54.6 Å². The number of hydrogen-bond acceptors (Lipinski definition) is 3. The molecule has 1 aromatic carbocycles. The van der Waals surface area contributed by atoms with Gasteiger partial charge in [0.2, 0.25) is 0 Å². The highest BCUT2D eigenvalue weighted by molar-refractivity contribution is 14.1. The second-order valence-electron chi connectivity index (χ2n) is 3.57. The van der Waals surface area contributed by atoms with Crippen LogP contribution in [0.25, 0.3) is 0 Å². The SMILES string of the molecule is CCOC(=O)C(C)NC(=O)c1cc(Br)ccc1I. The number of ether oxygens (including phenoxy) is 1. The van der Waals surface area contributed by atoms with Crippen molar-refractivity contribution < 1.29 is 14.3 Å². The second kappa shape index (κ2) is 7.08. The molecule has 0 aliphatic heterocycles. The molecule has 0 aromatic heterocycles. The lowest BCUT2D eigenvalue weighted by molar-refractivity contribution is -0.144. The van der Waals surface area contributed by atoms with Gasteiger partial charge in [0.15, 0.2) is 0 Å². The maximum atomic E-state index is 12.0. The highest BCUT2D eigenvalue weighted by atomic mass is 127. The van der Waals surface area contributed by atoms with Gasteiger partial charge < -0.3 is 10.1 Å². The summed E-state index contributed by atoms with van der Waals surface area (Å²) in [4.78, 5) is 23.4. The number of carbonyl (C=O) groups excluding carboxylic acids is 2. The lowest BCUT2D eigenvalue weighted by Gasteiger charge is -2.13. The number of esters is 1. The molecule has 0 aliphatic rings. The van der Waals surface area contributed by atoms with Crippen molar-refractivity contribution in [2.45, 2.75) is 19.9 Å². The number of amides is 1. The second-order valence-corrected chi connectivity index (χ2v) is 5.65. The summed E-state index contributed by atoms with van der Waals surface area (Å²) in [6, 6.07) is 4.74. The average Bonchev–Trinajstić information content (AvgIpc) is 2.32. The zero-order chi connectivity index (χ0) is 13.7. The zero-order valence-electron chi connectivity index (χ0n) is 10.00. The molecule has 0 saturated carbocycles. The van der Waals surface area contributed by atoms with Gasteiger partial charge in [-0.3, -0.25) is 4.79 Å². The van der Waals surface area contributed by atoms with Crippen molar-refractivity contribution in [1.82, 2.24) is 5.32 Å². The smallest absolute Gasteiger partial charge is 0.328 e. The molecule has 0 spiro atoms. The fraction of sp³-hybridized carbons (Fsp3) is 0.333. The van der Waals surface area contributed by atoms with Crippen LogP contribution in [0.2, 0.25) is 0 Å². The molecule has 1 atom stereocenters. The monoisotopic (exact) mass is 425 g/mol. The number of hydrogen-bond donors (Lipinski definition) is 1. The van der Waals surface area contributed by atoms with Gasteiger partial charge in [0.1, 0.15) is 6.04 Å². The van der Waals surface area contributed by atoms with E-state index in [9.17, 15) is 9.59 Å². The van der Waals surface area contributed by atoms with Crippen LogP contribution >= 0.6 is 38.5 Å². The Kier molecular flexibility index (Phi) is 6.07. The minimum Gasteiger partial charge on any atom is -0.464 e. The van der Waals surface area contributed by atoms with Gasteiger partial charge in [0.25, 0.3) is 5.91 Å².